The minimum Gasteiger partial charge on any atom is -0.369 e. The number of rotatable bonds is 3. The summed E-state index contributed by atoms with van der Waals surface area (Å²) in [5, 5.41) is 3.02. The molecule has 0 saturated carbocycles. The van der Waals surface area contributed by atoms with E-state index in [9.17, 15) is 4.79 Å². The van der Waals surface area contributed by atoms with Gasteiger partial charge in [-0.25, -0.2) is 4.90 Å². The van der Waals surface area contributed by atoms with Crippen LogP contribution in [0, 0.1) is 6.92 Å². The minimum absolute atomic E-state index is 0.0640. The third-order valence-corrected chi connectivity index (χ3v) is 6.48. The first-order chi connectivity index (χ1) is 12.6. The van der Waals surface area contributed by atoms with E-state index in [1.54, 1.807) is 4.90 Å². The highest BCUT2D eigenvalue weighted by molar-refractivity contribution is 8.24. The van der Waals surface area contributed by atoms with Crippen LogP contribution in [0.3, 0.4) is 0 Å². The van der Waals surface area contributed by atoms with Crippen molar-refractivity contribution in [2.24, 2.45) is 4.99 Å². The number of amides is 1. The standard InChI is InChI=1S/C18H23N5OS2/c1-13-2-4-14(5-3-13)22-10-8-21(9-11-22)12-15-16(24)23(18(25)26-15)17-19-6-7-20-17/h2-5,15H,6-12H2,1H3,(H,19,20). The lowest BCUT2D eigenvalue weighted by atomic mass is 10.2. The van der Waals surface area contributed by atoms with E-state index in [4.69, 9.17) is 12.2 Å². The van der Waals surface area contributed by atoms with Crippen molar-refractivity contribution in [3.8, 4) is 0 Å². The van der Waals surface area contributed by atoms with Crippen LogP contribution < -0.4 is 10.2 Å². The topological polar surface area (TPSA) is 51.2 Å². The zero-order valence-corrected chi connectivity index (χ0v) is 16.5. The molecule has 4 rings (SSSR count). The molecule has 0 aromatic heterocycles. The third kappa shape index (κ3) is 3.58. The third-order valence-electron chi connectivity index (χ3n) is 4.99. The van der Waals surface area contributed by atoms with Crippen molar-refractivity contribution < 1.29 is 4.79 Å². The summed E-state index contributed by atoms with van der Waals surface area (Å²) in [4.78, 5) is 23.5. The molecule has 8 heteroatoms. The second-order valence-electron chi connectivity index (χ2n) is 6.80. The number of hydrogen-bond donors (Lipinski definition) is 1. The smallest absolute Gasteiger partial charge is 0.249 e. The van der Waals surface area contributed by atoms with Gasteiger partial charge in [0.15, 0.2) is 4.32 Å². The Morgan fingerprint density at radius 1 is 1.23 bits per heavy atom. The summed E-state index contributed by atoms with van der Waals surface area (Å²) < 4.78 is 0.617. The first-order valence-electron chi connectivity index (χ1n) is 8.99. The Labute approximate surface area is 163 Å². The predicted molar refractivity (Wildman–Crippen MR) is 111 cm³/mol. The lowest BCUT2D eigenvalue weighted by molar-refractivity contribution is -0.123. The maximum absolute atomic E-state index is 12.8. The molecular formula is C18H23N5OS2. The number of piperazine rings is 1. The van der Waals surface area contributed by atoms with Crippen molar-refractivity contribution in [2.45, 2.75) is 12.2 Å². The summed E-state index contributed by atoms with van der Waals surface area (Å²) in [6.07, 6.45) is 0. The van der Waals surface area contributed by atoms with E-state index in [1.807, 2.05) is 0 Å². The minimum atomic E-state index is -0.126. The number of thiocarbonyl (C=S) groups is 1. The van der Waals surface area contributed by atoms with Gasteiger partial charge in [0.1, 0.15) is 5.25 Å². The summed E-state index contributed by atoms with van der Waals surface area (Å²) in [5.74, 6) is 0.688. The molecule has 1 aromatic rings. The molecule has 0 aliphatic carbocycles. The number of aryl methyl sites for hydroxylation is 1. The fraction of sp³-hybridized carbons (Fsp3) is 0.500. The van der Waals surface area contributed by atoms with Crippen molar-refractivity contribution >= 4 is 45.9 Å². The van der Waals surface area contributed by atoms with Crippen LogP contribution in [0.1, 0.15) is 5.56 Å². The number of thioether (sulfide) groups is 1. The van der Waals surface area contributed by atoms with Crippen molar-refractivity contribution in [1.82, 2.24) is 15.1 Å². The maximum Gasteiger partial charge on any atom is 0.249 e. The predicted octanol–water partition coefficient (Wildman–Crippen LogP) is 1.31. The Morgan fingerprint density at radius 2 is 1.96 bits per heavy atom. The van der Waals surface area contributed by atoms with Crippen LogP contribution >= 0.6 is 24.0 Å². The average molecular weight is 390 g/mol. The Kier molecular flexibility index (Phi) is 5.15. The van der Waals surface area contributed by atoms with Crippen LogP contribution in [0.15, 0.2) is 29.3 Å². The van der Waals surface area contributed by atoms with Gasteiger partial charge in [-0.15, -0.1) is 0 Å². The highest BCUT2D eigenvalue weighted by Gasteiger charge is 2.41. The molecule has 1 unspecified atom stereocenters. The number of anilines is 1. The zero-order chi connectivity index (χ0) is 18.1. The second kappa shape index (κ2) is 7.54. The van der Waals surface area contributed by atoms with Crippen LogP contribution in [0.5, 0.6) is 0 Å². The quantitative estimate of drug-likeness (QED) is 0.787. The van der Waals surface area contributed by atoms with Crippen LogP contribution in [0.25, 0.3) is 0 Å². The number of nitrogens with one attached hydrogen (secondary N) is 1. The molecule has 1 N–H and O–H groups in total. The first-order valence-corrected chi connectivity index (χ1v) is 10.3. The highest BCUT2D eigenvalue weighted by atomic mass is 32.2. The molecule has 1 aromatic carbocycles. The van der Waals surface area contributed by atoms with Crippen LogP contribution in [-0.2, 0) is 4.79 Å². The van der Waals surface area contributed by atoms with Crippen LogP contribution in [0.2, 0.25) is 0 Å². The number of aliphatic imine (C=N–C) groups is 1. The summed E-state index contributed by atoms with van der Waals surface area (Å²) in [5.41, 5.74) is 2.56. The van der Waals surface area contributed by atoms with Gasteiger partial charge in [-0.2, -0.15) is 0 Å². The highest BCUT2D eigenvalue weighted by Crippen LogP contribution is 2.29. The molecule has 0 radical (unpaired) electrons. The lowest BCUT2D eigenvalue weighted by Gasteiger charge is -2.36. The van der Waals surface area contributed by atoms with E-state index in [2.05, 4.69) is 51.3 Å². The molecular weight excluding hydrogens is 366 g/mol. The van der Waals surface area contributed by atoms with Gasteiger partial charge in [0.25, 0.3) is 0 Å². The number of hydrogen-bond acceptors (Lipinski definition) is 7. The van der Waals surface area contributed by atoms with Gasteiger partial charge in [0.05, 0.1) is 6.54 Å². The van der Waals surface area contributed by atoms with Gasteiger partial charge >= 0.3 is 0 Å². The number of benzene rings is 1. The Morgan fingerprint density at radius 3 is 2.62 bits per heavy atom. The monoisotopic (exact) mass is 389 g/mol. The largest absolute Gasteiger partial charge is 0.369 e. The Hall–Kier alpha value is -1.64. The molecule has 138 valence electrons. The summed E-state index contributed by atoms with van der Waals surface area (Å²) in [7, 11) is 0. The van der Waals surface area contributed by atoms with E-state index < -0.39 is 0 Å². The van der Waals surface area contributed by atoms with Crippen molar-refractivity contribution in [2.75, 3.05) is 50.7 Å². The zero-order valence-electron chi connectivity index (χ0n) is 14.9. The Balaban J connectivity index is 1.32. The molecule has 3 aliphatic rings. The van der Waals surface area contributed by atoms with E-state index in [1.165, 1.54) is 23.0 Å². The number of carbonyl (C=O) groups is 1. The van der Waals surface area contributed by atoms with E-state index >= 15 is 0 Å². The van der Waals surface area contributed by atoms with Crippen LogP contribution in [0.4, 0.5) is 5.69 Å². The second-order valence-corrected chi connectivity index (χ2v) is 8.64. The van der Waals surface area contributed by atoms with Crippen molar-refractivity contribution in [3.63, 3.8) is 0 Å². The van der Waals surface area contributed by atoms with E-state index in [0.29, 0.717) is 16.8 Å². The molecule has 2 saturated heterocycles. The normalized spacial score (nSPS) is 24.2. The first kappa shape index (κ1) is 17.8. The number of guanidine groups is 1. The van der Waals surface area contributed by atoms with Crippen molar-refractivity contribution in [1.29, 1.82) is 0 Å². The molecule has 1 atom stereocenters. The van der Waals surface area contributed by atoms with E-state index in [0.717, 1.165) is 39.3 Å². The number of nitrogens with zero attached hydrogens (tertiary/aromatic N) is 4. The molecule has 26 heavy (non-hydrogen) atoms. The van der Waals surface area contributed by atoms with Gasteiger partial charge in [-0.3, -0.25) is 14.7 Å². The van der Waals surface area contributed by atoms with Gasteiger partial charge in [-0.05, 0) is 19.1 Å². The summed E-state index contributed by atoms with van der Waals surface area (Å²) in [6, 6.07) is 8.69. The SMILES string of the molecule is Cc1ccc(N2CCN(CC3SC(=S)N(C4=NCCN4)C3=O)CC2)cc1. The summed E-state index contributed by atoms with van der Waals surface area (Å²) >= 11 is 6.91. The van der Waals surface area contributed by atoms with E-state index in [-0.39, 0.29) is 11.2 Å². The lowest BCUT2D eigenvalue weighted by Crippen LogP contribution is -2.50. The molecule has 6 nitrogen and oxygen atoms in total. The fourth-order valence-electron chi connectivity index (χ4n) is 3.48. The molecule has 3 aliphatic heterocycles. The Bertz CT molecular complexity index is 728. The average Bonchev–Trinajstić information content (AvgIpc) is 3.25. The molecule has 3 heterocycles. The van der Waals surface area contributed by atoms with Gasteiger partial charge in [-0.1, -0.05) is 41.7 Å². The molecule has 0 bridgehead atoms. The summed E-state index contributed by atoms with van der Waals surface area (Å²) in [6.45, 7) is 8.23. The van der Waals surface area contributed by atoms with Gasteiger partial charge in [0, 0.05) is 45.0 Å². The van der Waals surface area contributed by atoms with Crippen LogP contribution in [-0.4, -0.2) is 77.1 Å². The fourth-order valence-corrected chi connectivity index (χ4v) is 5.02. The van der Waals surface area contributed by atoms with Crippen molar-refractivity contribution in [3.05, 3.63) is 29.8 Å². The maximum atomic E-state index is 12.8. The van der Waals surface area contributed by atoms with Gasteiger partial charge in [0.2, 0.25) is 11.9 Å². The molecule has 0 spiro atoms. The number of carbonyl (C=O) groups excluding carboxylic acids is 1. The van der Waals surface area contributed by atoms with Gasteiger partial charge < -0.3 is 10.2 Å². The molecule has 1 amide bonds. The molecule has 2 fully saturated rings.